The van der Waals surface area contributed by atoms with Crippen molar-refractivity contribution < 1.29 is 9.53 Å². The number of benzene rings is 1. The van der Waals surface area contributed by atoms with Crippen molar-refractivity contribution in [2.24, 2.45) is 7.05 Å². The molecule has 0 saturated heterocycles. The van der Waals surface area contributed by atoms with Crippen molar-refractivity contribution in [2.75, 3.05) is 5.32 Å². The monoisotopic (exact) mass is 381 g/mol. The van der Waals surface area contributed by atoms with Crippen LogP contribution in [0, 0.1) is 0 Å². The lowest BCUT2D eigenvalue weighted by Gasteiger charge is -2.13. The lowest BCUT2D eigenvalue weighted by molar-refractivity contribution is -0.116. The Hall–Kier alpha value is -3.16. The van der Waals surface area contributed by atoms with Crippen LogP contribution in [0.3, 0.4) is 0 Å². The minimum Gasteiger partial charge on any atom is -0.490 e. The summed E-state index contributed by atoms with van der Waals surface area (Å²) in [4.78, 5) is 28.9. The molecule has 3 aromatic rings. The van der Waals surface area contributed by atoms with Crippen LogP contribution < -0.4 is 15.6 Å². The Morgan fingerprint density at radius 3 is 2.75 bits per heavy atom. The van der Waals surface area contributed by atoms with E-state index < -0.39 is 0 Å². The number of aromatic nitrogens is 4. The van der Waals surface area contributed by atoms with Gasteiger partial charge in [-0.15, -0.1) is 0 Å². The summed E-state index contributed by atoms with van der Waals surface area (Å²) in [6, 6.07) is 7.41. The molecule has 0 atom stereocenters. The summed E-state index contributed by atoms with van der Waals surface area (Å²) in [7, 11) is 1.73. The fourth-order valence-electron chi connectivity index (χ4n) is 3.49. The third kappa shape index (κ3) is 3.90. The minimum absolute atomic E-state index is 0.164. The topological polar surface area (TPSA) is 91.0 Å². The van der Waals surface area contributed by atoms with Gasteiger partial charge in [0.05, 0.1) is 18.6 Å². The van der Waals surface area contributed by atoms with Crippen LogP contribution in [0.25, 0.3) is 11.0 Å². The molecule has 8 heteroatoms. The largest absolute Gasteiger partial charge is 0.490 e. The molecule has 0 unspecified atom stereocenters. The molecule has 2 heterocycles. The van der Waals surface area contributed by atoms with Gasteiger partial charge in [-0.1, -0.05) is 0 Å². The van der Waals surface area contributed by atoms with Gasteiger partial charge in [0.15, 0.2) is 5.65 Å². The summed E-state index contributed by atoms with van der Waals surface area (Å²) in [5.41, 5.74) is 1.04. The number of rotatable bonds is 6. The molecule has 28 heavy (non-hydrogen) atoms. The van der Waals surface area contributed by atoms with Gasteiger partial charge in [-0.25, -0.2) is 4.98 Å². The van der Waals surface area contributed by atoms with Crippen LogP contribution in [-0.2, 0) is 18.4 Å². The zero-order chi connectivity index (χ0) is 19.5. The summed E-state index contributed by atoms with van der Waals surface area (Å²) in [6.07, 6.45) is 8.11. The van der Waals surface area contributed by atoms with Crippen molar-refractivity contribution >= 4 is 22.6 Å². The van der Waals surface area contributed by atoms with E-state index in [4.69, 9.17) is 4.74 Å². The Bertz CT molecular complexity index is 1030. The normalized spacial score (nSPS) is 14.5. The second kappa shape index (κ2) is 7.84. The zero-order valence-electron chi connectivity index (χ0n) is 15.8. The van der Waals surface area contributed by atoms with Crippen LogP contribution in [0.2, 0.25) is 0 Å². The molecule has 146 valence electrons. The summed E-state index contributed by atoms with van der Waals surface area (Å²) in [6.45, 7) is 0.255. The molecule has 0 aliphatic heterocycles. The number of nitrogens with zero attached hydrogens (tertiary/aromatic N) is 4. The van der Waals surface area contributed by atoms with Crippen LogP contribution in [-0.4, -0.2) is 31.3 Å². The number of hydrogen-bond donors (Lipinski definition) is 1. The maximum absolute atomic E-state index is 12.4. The van der Waals surface area contributed by atoms with E-state index in [1.807, 2.05) is 24.3 Å². The molecule has 1 saturated carbocycles. The fourth-order valence-corrected chi connectivity index (χ4v) is 3.49. The van der Waals surface area contributed by atoms with Crippen LogP contribution in [0.15, 0.2) is 41.6 Å². The van der Waals surface area contributed by atoms with E-state index in [9.17, 15) is 9.59 Å². The van der Waals surface area contributed by atoms with Gasteiger partial charge < -0.3 is 10.1 Å². The van der Waals surface area contributed by atoms with E-state index in [2.05, 4.69) is 15.4 Å². The maximum Gasteiger partial charge on any atom is 0.264 e. The summed E-state index contributed by atoms with van der Waals surface area (Å²) >= 11 is 0. The van der Waals surface area contributed by atoms with E-state index in [1.54, 1.807) is 11.7 Å². The Labute approximate surface area is 162 Å². The van der Waals surface area contributed by atoms with E-state index >= 15 is 0 Å². The van der Waals surface area contributed by atoms with Gasteiger partial charge in [-0.2, -0.15) is 5.10 Å². The number of carbonyl (C=O) groups is 1. The van der Waals surface area contributed by atoms with Crippen LogP contribution in [0.5, 0.6) is 5.75 Å². The highest BCUT2D eigenvalue weighted by atomic mass is 16.5. The molecule has 1 aliphatic carbocycles. The Morgan fingerprint density at radius 1 is 1.25 bits per heavy atom. The summed E-state index contributed by atoms with van der Waals surface area (Å²) < 4.78 is 8.91. The first-order valence-electron chi connectivity index (χ1n) is 9.54. The smallest absolute Gasteiger partial charge is 0.264 e. The molecule has 2 aromatic heterocycles. The minimum atomic E-state index is -0.195. The first-order valence-corrected chi connectivity index (χ1v) is 9.54. The number of amides is 1. The van der Waals surface area contributed by atoms with Gasteiger partial charge in [0.2, 0.25) is 5.91 Å². The second-order valence-corrected chi connectivity index (χ2v) is 7.10. The van der Waals surface area contributed by atoms with Crippen LogP contribution in [0.4, 0.5) is 5.69 Å². The number of aryl methyl sites for hydroxylation is 2. The first-order chi connectivity index (χ1) is 13.6. The van der Waals surface area contributed by atoms with Gasteiger partial charge in [0.1, 0.15) is 11.1 Å². The average Bonchev–Trinajstić information content (AvgIpc) is 3.33. The SMILES string of the molecule is Cn1ncc2c(=O)n(CCC(=O)Nc3ccc(OC4CCCC4)cc3)cnc21. The summed E-state index contributed by atoms with van der Waals surface area (Å²) in [5.74, 6) is 0.662. The van der Waals surface area contributed by atoms with Crippen molar-refractivity contribution in [2.45, 2.75) is 44.8 Å². The van der Waals surface area contributed by atoms with Crippen molar-refractivity contribution in [3.8, 4) is 5.75 Å². The number of ether oxygens (including phenoxy) is 1. The number of fused-ring (bicyclic) bond motifs is 1. The number of carbonyl (C=O) groups excluding carboxylic acids is 1. The van der Waals surface area contributed by atoms with E-state index in [0.29, 0.717) is 22.8 Å². The Kier molecular flexibility index (Phi) is 5.10. The Balaban J connectivity index is 1.33. The lowest BCUT2D eigenvalue weighted by atomic mass is 10.2. The van der Waals surface area contributed by atoms with Gasteiger partial charge in [0.25, 0.3) is 5.56 Å². The second-order valence-electron chi connectivity index (χ2n) is 7.10. The number of anilines is 1. The third-order valence-corrected chi connectivity index (χ3v) is 5.04. The van der Waals surface area contributed by atoms with Crippen LogP contribution in [0.1, 0.15) is 32.1 Å². The molecule has 1 aromatic carbocycles. The predicted octanol–water partition coefficient (Wildman–Crippen LogP) is 2.48. The van der Waals surface area contributed by atoms with E-state index in [1.165, 1.54) is 29.9 Å². The van der Waals surface area contributed by atoms with Gasteiger partial charge in [-0.3, -0.25) is 18.8 Å². The lowest BCUT2D eigenvalue weighted by Crippen LogP contribution is -2.23. The molecule has 4 rings (SSSR count). The number of hydrogen-bond acceptors (Lipinski definition) is 5. The Morgan fingerprint density at radius 2 is 2.00 bits per heavy atom. The molecule has 1 fully saturated rings. The molecule has 0 bridgehead atoms. The van der Waals surface area contributed by atoms with Crippen molar-refractivity contribution in [1.29, 1.82) is 0 Å². The van der Waals surface area contributed by atoms with Gasteiger partial charge in [0, 0.05) is 25.7 Å². The highest BCUT2D eigenvalue weighted by molar-refractivity contribution is 5.90. The highest BCUT2D eigenvalue weighted by Gasteiger charge is 2.16. The number of nitrogens with one attached hydrogen (secondary N) is 1. The molecular formula is C20H23N5O3. The predicted molar refractivity (Wildman–Crippen MR) is 105 cm³/mol. The third-order valence-electron chi connectivity index (χ3n) is 5.04. The molecule has 0 radical (unpaired) electrons. The van der Waals surface area contributed by atoms with Gasteiger partial charge >= 0.3 is 0 Å². The highest BCUT2D eigenvalue weighted by Crippen LogP contribution is 2.25. The average molecular weight is 381 g/mol. The molecule has 1 amide bonds. The molecular weight excluding hydrogens is 358 g/mol. The first kappa shape index (κ1) is 18.2. The zero-order valence-corrected chi connectivity index (χ0v) is 15.8. The van der Waals surface area contributed by atoms with E-state index in [-0.39, 0.29) is 24.4 Å². The molecule has 0 spiro atoms. The fraction of sp³-hybridized carbons (Fsp3) is 0.400. The van der Waals surface area contributed by atoms with Crippen molar-refractivity contribution in [3.05, 3.63) is 47.1 Å². The maximum atomic E-state index is 12.4. The van der Waals surface area contributed by atoms with Crippen molar-refractivity contribution in [3.63, 3.8) is 0 Å². The summed E-state index contributed by atoms with van der Waals surface area (Å²) in [5, 5.41) is 7.33. The molecule has 1 aliphatic rings. The molecule has 1 N–H and O–H groups in total. The molecule has 8 nitrogen and oxygen atoms in total. The quantitative estimate of drug-likeness (QED) is 0.708. The van der Waals surface area contributed by atoms with Crippen LogP contribution >= 0.6 is 0 Å². The standard InChI is InChI=1S/C20H23N5O3/c1-24-19-17(12-22-24)20(27)25(13-21-19)11-10-18(26)23-14-6-8-16(9-7-14)28-15-4-2-3-5-15/h6-9,12-13,15H,2-5,10-11H2,1H3,(H,23,26). The van der Waals surface area contributed by atoms with E-state index in [0.717, 1.165) is 18.6 Å². The van der Waals surface area contributed by atoms with Crippen molar-refractivity contribution in [1.82, 2.24) is 19.3 Å². The van der Waals surface area contributed by atoms with Gasteiger partial charge in [-0.05, 0) is 49.9 Å².